The summed E-state index contributed by atoms with van der Waals surface area (Å²) in [6.45, 7) is 7.83. The molecule has 1 aliphatic rings. The first-order valence-corrected chi connectivity index (χ1v) is 10.4. The normalized spacial score (nSPS) is 33.8. The minimum Gasteiger partial charge on any atom is -0.409 e. The van der Waals surface area contributed by atoms with Gasteiger partial charge in [-0.05, 0) is 19.6 Å². The summed E-state index contributed by atoms with van der Waals surface area (Å²) in [5.41, 5.74) is 0. The van der Waals surface area contributed by atoms with Crippen LogP contribution in [0.3, 0.4) is 0 Å². The Labute approximate surface area is 127 Å². The van der Waals surface area contributed by atoms with E-state index in [0.29, 0.717) is 0 Å². The Bertz CT molecular complexity index is 348. The van der Waals surface area contributed by atoms with Crippen molar-refractivity contribution in [2.24, 2.45) is 0 Å². The summed E-state index contributed by atoms with van der Waals surface area (Å²) in [5.74, 6) is -0.262. The molecule has 124 valence electrons. The van der Waals surface area contributed by atoms with Crippen LogP contribution in [0.25, 0.3) is 0 Å². The molecule has 0 spiro atoms. The molecule has 1 heterocycles. The number of aliphatic hydroxyl groups is 1. The van der Waals surface area contributed by atoms with Gasteiger partial charge in [0.1, 0.15) is 24.4 Å². The highest BCUT2D eigenvalue weighted by Crippen LogP contribution is 2.27. The summed E-state index contributed by atoms with van der Waals surface area (Å²) in [4.78, 5) is 11.3. The van der Waals surface area contributed by atoms with Gasteiger partial charge in [-0.15, -0.1) is 0 Å². The summed E-state index contributed by atoms with van der Waals surface area (Å²) < 4.78 is 22.4. The average molecular weight is 321 g/mol. The quantitative estimate of drug-likeness (QED) is 0.674. The molecule has 21 heavy (non-hydrogen) atoms. The first-order chi connectivity index (χ1) is 9.69. The predicted octanol–water partition coefficient (Wildman–Crippen LogP) is 0.0898. The monoisotopic (exact) mass is 321 g/mol. The second kappa shape index (κ2) is 7.66. The standard InChI is InChI=1S/C13H27NO6Si/c1-8(15)14-10-12(18-3)11(20-21(4,5)6)9(7-17-2)19-13(10)16/h9-13,16H,7H2,1-6H3,(H,14,15). The molecular weight excluding hydrogens is 294 g/mol. The van der Waals surface area contributed by atoms with Crippen LogP contribution < -0.4 is 5.32 Å². The lowest BCUT2D eigenvalue weighted by Crippen LogP contribution is -2.66. The number of hydrogen-bond acceptors (Lipinski definition) is 6. The molecule has 0 radical (unpaired) electrons. The largest absolute Gasteiger partial charge is 0.409 e. The van der Waals surface area contributed by atoms with E-state index in [2.05, 4.69) is 25.0 Å². The molecule has 1 saturated heterocycles. The topological polar surface area (TPSA) is 86.2 Å². The Morgan fingerprint density at radius 1 is 1.29 bits per heavy atom. The van der Waals surface area contributed by atoms with Crippen molar-refractivity contribution in [2.45, 2.75) is 57.2 Å². The van der Waals surface area contributed by atoms with E-state index in [9.17, 15) is 9.90 Å². The van der Waals surface area contributed by atoms with Crippen molar-refractivity contribution in [2.75, 3.05) is 20.8 Å². The lowest BCUT2D eigenvalue weighted by Gasteiger charge is -2.46. The fourth-order valence-electron chi connectivity index (χ4n) is 2.44. The molecule has 0 aliphatic carbocycles. The van der Waals surface area contributed by atoms with Gasteiger partial charge in [-0.1, -0.05) is 0 Å². The number of carbonyl (C=O) groups excluding carboxylic acids is 1. The van der Waals surface area contributed by atoms with E-state index in [4.69, 9.17) is 18.6 Å². The van der Waals surface area contributed by atoms with E-state index in [1.807, 2.05) is 0 Å². The van der Waals surface area contributed by atoms with Crippen LogP contribution in [0.5, 0.6) is 0 Å². The number of hydrogen-bond donors (Lipinski definition) is 2. The third-order valence-corrected chi connectivity index (χ3v) is 4.11. The van der Waals surface area contributed by atoms with Crippen LogP contribution >= 0.6 is 0 Å². The lowest BCUT2D eigenvalue weighted by molar-refractivity contribution is -0.255. The van der Waals surface area contributed by atoms with Crippen molar-refractivity contribution in [1.29, 1.82) is 0 Å². The van der Waals surface area contributed by atoms with Gasteiger partial charge < -0.3 is 29.1 Å². The van der Waals surface area contributed by atoms with Gasteiger partial charge in [0.05, 0.1) is 6.61 Å². The van der Waals surface area contributed by atoms with Gasteiger partial charge in [0.2, 0.25) is 5.91 Å². The predicted molar refractivity (Wildman–Crippen MR) is 79.4 cm³/mol. The average Bonchev–Trinajstić information content (AvgIpc) is 2.33. The van der Waals surface area contributed by atoms with Gasteiger partial charge in [-0.2, -0.15) is 0 Å². The summed E-state index contributed by atoms with van der Waals surface area (Å²) in [6, 6.07) is -0.679. The van der Waals surface area contributed by atoms with Crippen molar-refractivity contribution in [3.05, 3.63) is 0 Å². The fourth-order valence-corrected chi connectivity index (χ4v) is 3.54. The van der Waals surface area contributed by atoms with Crippen molar-refractivity contribution in [3.63, 3.8) is 0 Å². The Balaban J connectivity index is 3.00. The maximum atomic E-state index is 11.3. The van der Waals surface area contributed by atoms with Crippen LogP contribution in [0, 0.1) is 0 Å². The van der Waals surface area contributed by atoms with Gasteiger partial charge >= 0.3 is 0 Å². The number of amides is 1. The highest BCUT2D eigenvalue weighted by molar-refractivity contribution is 6.69. The molecule has 1 fully saturated rings. The third kappa shape index (κ3) is 5.31. The zero-order chi connectivity index (χ0) is 16.2. The van der Waals surface area contributed by atoms with Crippen LogP contribution in [-0.2, 0) is 23.4 Å². The van der Waals surface area contributed by atoms with Gasteiger partial charge in [0.15, 0.2) is 14.6 Å². The minimum atomic E-state index is -1.87. The van der Waals surface area contributed by atoms with E-state index >= 15 is 0 Å². The van der Waals surface area contributed by atoms with E-state index in [1.54, 1.807) is 7.11 Å². The van der Waals surface area contributed by atoms with Gasteiger partial charge in [0, 0.05) is 21.1 Å². The molecule has 0 bridgehead atoms. The van der Waals surface area contributed by atoms with Gasteiger partial charge in [0.25, 0.3) is 0 Å². The van der Waals surface area contributed by atoms with Crippen molar-refractivity contribution < 1.29 is 28.5 Å². The zero-order valence-corrected chi connectivity index (χ0v) is 14.6. The first-order valence-electron chi connectivity index (χ1n) is 6.99. The van der Waals surface area contributed by atoms with Crippen LogP contribution in [0.2, 0.25) is 19.6 Å². The van der Waals surface area contributed by atoms with E-state index in [-0.39, 0.29) is 12.5 Å². The maximum Gasteiger partial charge on any atom is 0.217 e. The molecule has 7 nitrogen and oxygen atoms in total. The third-order valence-electron chi connectivity index (χ3n) is 3.13. The Morgan fingerprint density at radius 3 is 2.33 bits per heavy atom. The molecule has 5 atom stereocenters. The van der Waals surface area contributed by atoms with Crippen LogP contribution in [0.15, 0.2) is 0 Å². The zero-order valence-electron chi connectivity index (χ0n) is 13.6. The van der Waals surface area contributed by atoms with E-state index in [0.717, 1.165) is 0 Å². The summed E-state index contributed by atoms with van der Waals surface area (Å²) in [5, 5.41) is 12.8. The van der Waals surface area contributed by atoms with Crippen LogP contribution in [0.1, 0.15) is 6.92 Å². The molecule has 2 N–H and O–H groups in total. The molecule has 1 amide bonds. The number of ether oxygens (including phenoxy) is 3. The summed E-state index contributed by atoms with van der Waals surface area (Å²) >= 11 is 0. The van der Waals surface area contributed by atoms with Crippen LogP contribution in [-0.4, -0.2) is 70.8 Å². The second-order valence-electron chi connectivity index (χ2n) is 6.14. The number of carbonyl (C=O) groups is 1. The van der Waals surface area contributed by atoms with Crippen molar-refractivity contribution in [3.8, 4) is 0 Å². The Kier molecular flexibility index (Phi) is 6.76. The maximum absolute atomic E-state index is 11.3. The molecule has 0 aromatic rings. The molecule has 8 heteroatoms. The number of rotatable bonds is 6. The molecule has 0 aromatic carbocycles. The van der Waals surface area contributed by atoms with E-state index < -0.39 is 39.0 Å². The Hall–Kier alpha value is -0.513. The molecule has 1 rings (SSSR count). The van der Waals surface area contributed by atoms with Crippen molar-refractivity contribution >= 4 is 14.2 Å². The van der Waals surface area contributed by atoms with Gasteiger partial charge in [-0.3, -0.25) is 4.79 Å². The Morgan fingerprint density at radius 2 is 1.90 bits per heavy atom. The van der Waals surface area contributed by atoms with E-state index in [1.165, 1.54) is 14.0 Å². The molecule has 0 saturated carbocycles. The van der Waals surface area contributed by atoms with Gasteiger partial charge in [-0.25, -0.2) is 0 Å². The molecular formula is C13H27NO6Si. The minimum absolute atomic E-state index is 0.262. The molecule has 5 unspecified atom stereocenters. The summed E-state index contributed by atoms with van der Waals surface area (Å²) in [7, 11) is 1.21. The fraction of sp³-hybridized carbons (Fsp3) is 0.923. The molecule has 0 aromatic heterocycles. The molecule has 1 aliphatic heterocycles. The number of aliphatic hydroxyl groups excluding tert-OH is 1. The van der Waals surface area contributed by atoms with Crippen molar-refractivity contribution in [1.82, 2.24) is 5.32 Å². The number of methoxy groups -OCH3 is 2. The van der Waals surface area contributed by atoms with Crippen LogP contribution in [0.4, 0.5) is 0 Å². The SMILES string of the molecule is COCC1OC(O)C(NC(C)=O)C(OC)C1O[Si](C)(C)C. The highest BCUT2D eigenvalue weighted by atomic mass is 28.4. The first kappa shape index (κ1) is 18.5. The smallest absolute Gasteiger partial charge is 0.217 e. The highest BCUT2D eigenvalue weighted by Gasteiger charge is 2.48. The summed E-state index contributed by atoms with van der Waals surface area (Å²) in [6.07, 6.45) is -2.54. The lowest BCUT2D eigenvalue weighted by atomic mass is 9.96. The second-order valence-corrected chi connectivity index (χ2v) is 10.6. The number of nitrogens with one attached hydrogen (secondary N) is 1.